The third-order valence-electron chi connectivity index (χ3n) is 4.48. The largest absolute Gasteiger partial charge is 0.493 e. The molecule has 1 N–H and O–H groups in total. The van der Waals surface area contributed by atoms with Gasteiger partial charge in [0.05, 0.1) is 39.7 Å². The number of benzene rings is 1. The molecule has 1 amide bonds. The van der Waals surface area contributed by atoms with Crippen molar-refractivity contribution in [1.82, 2.24) is 10.2 Å². The Balaban J connectivity index is 1.79. The van der Waals surface area contributed by atoms with Crippen LogP contribution in [0.3, 0.4) is 0 Å². The van der Waals surface area contributed by atoms with Gasteiger partial charge in [0.1, 0.15) is 0 Å². The molecule has 1 aromatic carbocycles. The van der Waals surface area contributed by atoms with Crippen molar-refractivity contribution in [2.75, 3.05) is 47.1 Å². The highest BCUT2D eigenvalue weighted by atomic mass is 16.5. The summed E-state index contributed by atoms with van der Waals surface area (Å²) in [6.45, 7) is 3.41. The van der Waals surface area contributed by atoms with Crippen LogP contribution in [0.5, 0.6) is 11.5 Å². The van der Waals surface area contributed by atoms with E-state index in [0.717, 1.165) is 18.7 Å². The molecule has 1 fully saturated rings. The second-order valence-corrected chi connectivity index (χ2v) is 5.97. The third-order valence-corrected chi connectivity index (χ3v) is 4.48. The zero-order valence-electron chi connectivity index (χ0n) is 15.1. The number of furan rings is 1. The van der Waals surface area contributed by atoms with Crippen LogP contribution in [0, 0.1) is 0 Å². The summed E-state index contributed by atoms with van der Waals surface area (Å²) in [5.41, 5.74) is 1.05. The summed E-state index contributed by atoms with van der Waals surface area (Å²) in [7, 11) is 3.23. The van der Waals surface area contributed by atoms with Gasteiger partial charge >= 0.3 is 0 Å². The molecule has 0 bridgehead atoms. The van der Waals surface area contributed by atoms with E-state index in [1.165, 1.54) is 6.26 Å². The summed E-state index contributed by atoms with van der Waals surface area (Å²) in [6, 6.07) is 9.18. The van der Waals surface area contributed by atoms with E-state index in [9.17, 15) is 4.79 Å². The molecular formula is C19H24N2O5. The van der Waals surface area contributed by atoms with E-state index in [2.05, 4.69) is 10.2 Å². The van der Waals surface area contributed by atoms with Crippen molar-refractivity contribution in [3.05, 3.63) is 47.9 Å². The molecule has 0 radical (unpaired) electrons. The predicted octanol–water partition coefficient (Wildman–Crippen LogP) is 2.10. The Bertz CT molecular complexity index is 711. The Kier molecular flexibility index (Phi) is 6.14. The Morgan fingerprint density at radius 1 is 1.19 bits per heavy atom. The fourth-order valence-corrected chi connectivity index (χ4v) is 3.09. The monoisotopic (exact) mass is 360 g/mol. The van der Waals surface area contributed by atoms with Crippen LogP contribution in [0.1, 0.15) is 22.2 Å². The first-order chi connectivity index (χ1) is 12.7. The molecule has 0 aliphatic carbocycles. The number of hydrogen-bond acceptors (Lipinski definition) is 6. The van der Waals surface area contributed by atoms with Crippen LogP contribution < -0.4 is 14.8 Å². The van der Waals surface area contributed by atoms with E-state index in [0.29, 0.717) is 37.0 Å². The van der Waals surface area contributed by atoms with E-state index in [1.807, 2.05) is 18.2 Å². The molecule has 1 aliphatic heterocycles. The minimum absolute atomic E-state index is 0.00221. The van der Waals surface area contributed by atoms with Crippen LogP contribution in [-0.4, -0.2) is 57.9 Å². The Morgan fingerprint density at radius 3 is 2.62 bits per heavy atom. The van der Waals surface area contributed by atoms with Crippen molar-refractivity contribution in [3.8, 4) is 11.5 Å². The maximum atomic E-state index is 12.3. The lowest BCUT2D eigenvalue weighted by molar-refractivity contribution is 0.0161. The smallest absolute Gasteiger partial charge is 0.287 e. The predicted molar refractivity (Wildman–Crippen MR) is 95.7 cm³/mol. The lowest BCUT2D eigenvalue weighted by Gasteiger charge is -2.35. The molecule has 2 aromatic rings. The standard InChI is InChI=1S/C19H24N2O5/c1-23-16-6-5-14(12-18(16)24-2)15(21-7-10-25-11-8-21)13-20-19(22)17-4-3-9-26-17/h3-6,9,12,15H,7-8,10-11,13H2,1-2H3,(H,20,22)/t15-/m1/s1. The van der Waals surface area contributed by atoms with E-state index in [-0.39, 0.29) is 11.9 Å². The molecule has 0 saturated carbocycles. The van der Waals surface area contributed by atoms with Crippen molar-refractivity contribution in [2.24, 2.45) is 0 Å². The van der Waals surface area contributed by atoms with Crippen LogP contribution in [0.15, 0.2) is 41.0 Å². The van der Waals surface area contributed by atoms with Crippen LogP contribution in [0.4, 0.5) is 0 Å². The SMILES string of the molecule is COc1ccc([C@@H](CNC(=O)c2ccco2)N2CCOCC2)cc1OC. The normalized spacial score (nSPS) is 16.1. The zero-order chi connectivity index (χ0) is 18.4. The second kappa shape index (κ2) is 8.73. The number of nitrogens with zero attached hydrogens (tertiary/aromatic N) is 1. The van der Waals surface area contributed by atoms with Gasteiger partial charge in [0, 0.05) is 19.6 Å². The molecule has 1 aliphatic rings. The van der Waals surface area contributed by atoms with Crippen LogP contribution in [0.2, 0.25) is 0 Å². The van der Waals surface area contributed by atoms with Gasteiger partial charge in [0.25, 0.3) is 5.91 Å². The highest BCUT2D eigenvalue weighted by Crippen LogP contribution is 2.32. The van der Waals surface area contributed by atoms with Crippen LogP contribution in [0.25, 0.3) is 0 Å². The maximum absolute atomic E-state index is 12.3. The molecule has 3 rings (SSSR count). The van der Waals surface area contributed by atoms with Gasteiger partial charge in [-0.3, -0.25) is 9.69 Å². The summed E-state index contributed by atoms with van der Waals surface area (Å²) in [4.78, 5) is 14.6. The number of carbonyl (C=O) groups is 1. The summed E-state index contributed by atoms with van der Waals surface area (Å²) in [5.74, 6) is 1.42. The van der Waals surface area contributed by atoms with Crippen LogP contribution in [-0.2, 0) is 4.74 Å². The number of morpholine rings is 1. The van der Waals surface area contributed by atoms with Gasteiger partial charge in [-0.2, -0.15) is 0 Å². The number of nitrogens with one attached hydrogen (secondary N) is 1. The molecule has 1 saturated heterocycles. The van der Waals surface area contributed by atoms with E-state index < -0.39 is 0 Å². The number of rotatable bonds is 7. The van der Waals surface area contributed by atoms with E-state index >= 15 is 0 Å². The van der Waals surface area contributed by atoms with Crippen molar-refractivity contribution >= 4 is 5.91 Å². The topological polar surface area (TPSA) is 73.2 Å². The first kappa shape index (κ1) is 18.3. The fourth-order valence-electron chi connectivity index (χ4n) is 3.09. The zero-order valence-corrected chi connectivity index (χ0v) is 15.1. The number of hydrogen-bond donors (Lipinski definition) is 1. The Morgan fingerprint density at radius 2 is 1.96 bits per heavy atom. The van der Waals surface area contributed by atoms with Gasteiger partial charge in [-0.05, 0) is 29.8 Å². The van der Waals surface area contributed by atoms with Gasteiger partial charge in [-0.15, -0.1) is 0 Å². The molecule has 7 nitrogen and oxygen atoms in total. The number of carbonyl (C=O) groups excluding carboxylic acids is 1. The van der Waals surface area contributed by atoms with Gasteiger partial charge in [-0.1, -0.05) is 6.07 Å². The van der Waals surface area contributed by atoms with Gasteiger partial charge in [0.15, 0.2) is 17.3 Å². The van der Waals surface area contributed by atoms with Crippen molar-refractivity contribution in [1.29, 1.82) is 0 Å². The molecular weight excluding hydrogens is 336 g/mol. The summed E-state index contributed by atoms with van der Waals surface area (Å²) in [5, 5.41) is 2.96. The first-order valence-electron chi connectivity index (χ1n) is 8.58. The maximum Gasteiger partial charge on any atom is 0.287 e. The van der Waals surface area contributed by atoms with E-state index in [4.69, 9.17) is 18.6 Å². The molecule has 1 aromatic heterocycles. The van der Waals surface area contributed by atoms with Crippen molar-refractivity contribution < 1.29 is 23.4 Å². The molecule has 140 valence electrons. The average Bonchev–Trinajstić information content (AvgIpc) is 3.23. The second-order valence-electron chi connectivity index (χ2n) is 5.97. The molecule has 2 heterocycles. The minimum atomic E-state index is -0.228. The summed E-state index contributed by atoms with van der Waals surface area (Å²) >= 11 is 0. The summed E-state index contributed by atoms with van der Waals surface area (Å²) in [6.07, 6.45) is 1.49. The summed E-state index contributed by atoms with van der Waals surface area (Å²) < 4.78 is 21.4. The number of ether oxygens (including phenoxy) is 3. The third kappa shape index (κ3) is 4.17. The minimum Gasteiger partial charge on any atom is -0.493 e. The van der Waals surface area contributed by atoms with Gasteiger partial charge in [0.2, 0.25) is 0 Å². The molecule has 7 heteroatoms. The molecule has 1 atom stereocenters. The van der Waals surface area contributed by atoms with Crippen molar-refractivity contribution in [2.45, 2.75) is 6.04 Å². The Labute approximate surface area is 152 Å². The lowest BCUT2D eigenvalue weighted by atomic mass is 10.0. The highest BCUT2D eigenvalue weighted by Gasteiger charge is 2.25. The van der Waals surface area contributed by atoms with Gasteiger partial charge in [-0.25, -0.2) is 0 Å². The average molecular weight is 360 g/mol. The Hall–Kier alpha value is -2.51. The number of methoxy groups -OCH3 is 2. The molecule has 0 unspecified atom stereocenters. The van der Waals surface area contributed by atoms with Crippen molar-refractivity contribution in [3.63, 3.8) is 0 Å². The van der Waals surface area contributed by atoms with Gasteiger partial charge < -0.3 is 23.9 Å². The number of amides is 1. The molecule has 0 spiro atoms. The van der Waals surface area contributed by atoms with E-state index in [1.54, 1.807) is 26.4 Å². The lowest BCUT2D eigenvalue weighted by Crippen LogP contribution is -2.43. The van der Waals surface area contributed by atoms with Crippen LogP contribution >= 0.6 is 0 Å². The highest BCUT2D eigenvalue weighted by molar-refractivity contribution is 5.91. The fraction of sp³-hybridized carbons (Fsp3) is 0.421. The molecule has 26 heavy (non-hydrogen) atoms. The first-order valence-corrected chi connectivity index (χ1v) is 8.58. The quantitative estimate of drug-likeness (QED) is 0.815.